The van der Waals surface area contributed by atoms with Gasteiger partial charge in [-0.3, -0.25) is 0 Å². The lowest BCUT2D eigenvalue weighted by atomic mass is 10.5. The molecular weight excluding hydrogens is 140 g/mol. The summed E-state index contributed by atoms with van der Waals surface area (Å²) in [6.45, 7) is 3.54. The van der Waals surface area contributed by atoms with Gasteiger partial charge in [-0.05, 0) is 13.3 Å². The Morgan fingerprint density at radius 3 is 2.50 bits per heavy atom. The molecule has 0 saturated heterocycles. The summed E-state index contributed by atoms with van der Waals surface area (Å²) in [5.74, 6) is 0. The van der Waals surface area contributed by atoms with Crippen molar-refractivity contribution in [3.8, 4) is 0 Å². The van der Waals surface area contributed by atoms with E-state index in [0.29, 0.717) is 0 Å². The second kappa shape index (κ2) is 5.79. The highest BCUT2D eigenvalue weighted by Gasteiger charge is 1.92. The minimum Gasteiger partial charge on any atom is -0.382 e. The molecule has 0 N–H and O–H groups in total. The van der Waals surface area contributed by atoms with Gasteiger partial charge in [-0.1, -0.05) is 0 Å². The molecule has 50 valence electrons. The smallest absolute Gasteiger partial charge is 0.0484 e. The van der Waals surface area contributed by atoms with Crippen molar-refractivity contribution >= 4 is 25.3 Å². The highest BCUT2D eigenvalue weighted by Crippen LogP contribution is 2.04. The summed E-state index contributed by atoms with van der Waals surface area (Å²) in [4.78, 5) is 0. The SMILES string of the molecule is CCOCCC(S)S. The molecular formula is C5H12OS2. The molecule has 0 radical (unpaired) electrons. The summed E-state index contributed by atoms with van der Waals surface area (Å²) in [6, 6.07) is 0. The first-order valence-electron chi connectivity index (χ1n) is 2.71. The summed E-state index contributed by atoms with van der Waals surface area (Å²) < 4.78 is 5.21. The van der Waals surface area contributed by atoms with Crippen molar-refractivity contribution in [1.29, 1.82) is 0 Å². The van der Waals surface area contributed by atoms with Gasteiger partial charge >= 0.3 is 0 Å². The van der Waals surface area contributed by atoms with Gasteiger partial charge in [0.15, 0.2) is 0 Å². The molecule has 0 aromatic rings. The molecule has 0 aliphatic heterocycles. The van der Waals surface area contributed by atoms with Crippen molar-refractivity contribution in [2.75, 3.05) is 13.2 Å². The highest BCUT2D eigenvalue weighted by atomic mass is 32.2. The Kier molecular flexibility index (Phi) is 6.27. The van der Waals surface area contributed by atoms with Gasteiger partial charge in [0, 0.05) is 17.8 Å². The van der Waals surface area contributed by atoms with Crippen LogP contribution in [0.1, 0.15) is 13.3 Å². The van der Waals surface area contributed by atoms with E-state index in [4.69, 9.17) is 4.74 Å². The first-order valence-corrected chi connectivity index (χ1v) is 3.74. The minimum atomic E-state index is 0.168. The van der Waals surface area contributed by atoms with Crippen molar-refractivity contribution in [3.05, 3.63) is 0 Å². The lowest BCUT2D eigenvalue weighted by Crippen LogP contribution is -1.97. The Balaban J connectivity index is 2.72. The van der Waals surface area contributed by atoms with Crippen LogP contribution in [0.15, 0.2) is 0 Å². The number of ether oxygens (including phenoxy) is 1. The van der Waals surface area contributed by atoms with Crippen LogP contribution in [0.3, 0.4) is 0 Å². The zero-order chi connectivity index (χ0) is 6.41. The third-order valence-electron chi connectivity index (χ3n) is 0.725. The molecule has 0 bridgehead atoms. The average Bonchev–Trinajstić information content (AvgIpc) is 1.66. The van der Waals surface area contributed by atoms with Gasteiger partial charge in [0.2, 0.25) is 0 Å². The third kappa shape index (κ3) is 6.66. The van der Waals surface area contributed by atoms with E-state index in [0.717, 1.165) is 19.6 Å². The Hall–Kier alpha value is 0.660. The second-order valence-corrected chi connectivity index (χ2v) is 3.12. The van der Waals surface area contributed by atoms with Crippen molar-refractivity contribution in [3.63, 3.8) is 0 Å². The first kappa shape index (κ1) is 8.66. The van der Waals surface area contributed by atoms with Gasteiger partial charge in [0.05, 0.1) is 0 Å². The number of rotatable bonds is 4. The van der Waals surface area contributed by atoms with E-state index in [9.17, 15) is 0 Å². The zero-order valence-electron chi connectivity index (χ0n) is 5.00. The Labute approximate surface area is 61.6 Å². The second-order valence-electron chi connectivity index (χ2n) is 1.47. The summed E-state index contributed by atoms with van der Waals surface area (Å²) in [7, 11) is 0. The largest absolute Gasteiger partial charge is 0.382 e. The van der Waals surface area contributed by atoms with Crippen LogP contribution in [0.25, 0.3) is 0 Å². The quantitative estimate of drug-likeness (QED) is 0.353. The molecule has 0 heterocycles. The number of thiol groups is 2. The minimum absolute atomic E-state index is 0.168. The molecule has 0 saturated carbocycles. The van der Waals surface area contributed by atoms with E-state index in [1.165, 1.54) is 0 Å². The van der Waals surface area contributed by atoms with Crippen LogP contribution >= 0.6 is 25.3 Å². The van der Waals surface area contributed by atoms with Gasteiger partial charge in [0.25, 0.3) is 0 Å². The lowest BCUT2D eigenvalue weighted by molar-refractivity contribution is 0.148. The van der Waals surface area contributed by atoms with E-state index in [-0.39, 0.29) is 4.58 Å². The average molecular weight is 152 g/mol. The van der Waals surface area contributed by atoms with Crippen molar-refractivity contribution < 1.29 is 4.74 Å². The van der Waals surface area contributed by atoms with Crippen LogP contribution in [0.4, 0.5) is 0 Å². The van der Waals surface area contributed by atoms with Crippen molar-refractivity contribution in [1.82, 2.24) is 0 Å². The van der Waals surface area contributed by atoms with Crippen LogP contribution in [0, 0.1) is 0 Å². The predicted molar refractivity (Wildman–Crippen MR) is 42.9 cm³/mol. The van der Waals surface area contributed by atoms with Gasteiger partial charge < -0.3 is 4.74 Å². The zero-order valence-corrected chi connectivity index (χ0v) is 6.79. The van der Waals surface area contributed by atoms with Crippen molar-refractivity contribution in [2.45, 2.75) is 17.9 Å². The molecule has 0 atom stereocenters. The van der Waals surface area contributed by atoms with E-state index >= 15 is 0 Å². The molecule has 0 spiro atoms. The fraction of sp³-hybridized carbons (Fsp3) is 1.00. The van der Waals surface area contributed by atoms with E-state index < -0.39 is 0 Å². The fourth-order valence-electron chi connectivity index (χ4n) is 0.333. The molecule has 0 aliphatic rings. The topological polar surface area (TPSA) is 9.23 Å². The van der Waals surface area contributed by atoms with Crippen LogP contribution < -0.4 is 0 Å². The molecule has 0 rings (SSSR count). The monoisotopic (exact) mass is 152 g/mol. The van der Waals surface area contributed by atoms with Crippen LogP contribution in [-0.4, -0.2) is 17.8 Å². The number of hydrogen-bond acceptors (Lipinski definition) is 3. The molecule has 3 heteroatoms. The van der Waals surface area contributed by atoms with Crippen LogP contribution in [-0.2, 0) is 4.74 Å². The summed E-state index contributed by atoms with van der Waals surface area (Å²) >= 11 is 8.11. The molecule has 0 aromatic carbocycles. The molecule has 0 amide bonds. The van der Waals surface area contributed by atoms with Gasteiger partial charge in [-0.15, -0.1) is 0 Å². The maximum atomic E-state index is 5.05. The predicted octanol–water partition coefficient (Wildman–Crippen LogP) is 1.60. The Bertz CT molecular complexity index is 47.7. The molecule has 1 nitrogen and oxygen atoms in total. The van der Waals surface area contributed by atoms with Gasteiger partial charge in [0.1, 0.15) is 0 Å². The molecule has 8 heavy (non-hydrogen) atoms. The standard InChI is InChI=1S/C5H12OS2/c1-2-6-4-3-5(7)8/h5,7-8H,2-4H2,1H3. The summed E-state index contributed by atoms with van der Waals surface area (Å²) in [5.41, 5.74) is 0. The highest BCUT2D eigenvalue weighted by molar-refractivity contribution is 7.99. The molecule has 0 unspecified atom stereocenters. The first-order chi connectivity index (χ1) is 3.77. The maximum absolute atomic E-state index is 5.05. The lowest BCUT2D eigenvalue weighted by Gasteiger charge is -2.01. The fourth-order valence-corrected chi connectivity index (χ4v) is 0.544. The summed E-state index contributed by atoms with van der Waals surface area (Å²) in [6.07, 6.45) is 0.917. The van der Waals surface area contributed by atoms with E-state index in [1.54, 1.807) is 0 Å². The molecule has 0 fully saturated rings. The third-order valence-corrected chi connectivity index (χ3v) is 1.24. The van der Waals surface area contributed by atoms with Gasteiger partial charge in [-0.25, -0.2) is 0 Å². The van der Waals surface area contributed by atoms with Crippen LogP contribution in [0.5, 0.6) is 0 Å². The maximum Gasteiger partial charge on any atom is 0.0484 e. The summed E-state index contributed by atoms with van der Waals surface area (Å²) in [5, 5.41) is 0. The van der Waals surface area contributed by atoms with Gasteiger partial charge in [-0.2, -0.15) is 25.3 Å². The van der Waals surface area contributed by atoms with Crippen LogP contribution in [0.2, 0.25) is 0 Å². The molecule has 0 aliphatic carbocycles. The normalized spacial score (nSPS) is 10.5. The van der Waals surface area contributed by atoms with E-state index in [1.807, 2.05) is 6.92 Å². The van der Waals surface area contributed by atoms with E-state index in [2.05, 4.69) is 25.3 Å². The Morgan fingerprint density at radius 1 is 1.50 bits per heavy atom. The number of hydrogen-bond donors (Lipinski definition) is 2. The molecule has 0 aromatic heterocycles. The Morgan fingerprint density at radius 2 is 2.12 bits per heavy atom. The van der Waals surface area contributed by atoms with Crippen molar-refractivity contribution in [2.24, 2.45) is 0 Å².